The van der Waals surface area contributed by atoms with E-state index in [9.17, 15) is 30.7 Å². The Morgan fingerprint density at radius 2 is 1.52 bits per heavy atom. The zero-order valence-corrected chi connectivity index (χ0v) is 12.1. The van der Waals surface area contributed by atoms with Gasteiger partial charge in [0.25, 0.3) is 0 Å². The Hall–Kier alpha value is -1.51. The van der Waals surface area contributed by atoms with Gasteiger partial charge in [-0.05, 0) is 24.6 Å². The van der Waals surface area contributed by atoms with Gasteiger partial charge in [0.1, 0.15) is 24.1 Å². The maximum absolute atomic E-state index is 13.4. The van der Waals surface area contributed by atoms with Crippen LogP contribution in [0.3, 0.4) is 0 Å². The lowest BCUT2D eigenvalue weighted by Gasteiger charge is -2.61. The second-order valence-corrected chi connectivity index (χ2v) is 5.33. The van der Waals surface area contributed by atoms with Crippen molar-refractivity contribution in [2.45, 2.75) is 31.0 Å². The van der Waals surface area contributed by atoms with Crippen molar-refractivity contribution in [3.63, 3.8) is 0 Å². The van der Waals surface area contributed by atoms with Gasteiger partial charge in [-0.25, -0.2) is 4.39 Å². The van der Waals surface area contributed by atoms with Crippen LogP contribution in [0, 0.1) is 5.41 Å². The van der Waals surface area contributed by atoms with Gasteiger partial charge in [0.15, 0.2) is 0 Å². The molecule has 0 bridgehead atoms. The van der Waals surface area contributed by atoms with Crippen molar-refractivity contribution in [1.29, 1.82) is 0 Å². The third kappa shape index (κ3) is 2.20. The quantitative estimate of drug-likeness (QED) is 0.756. The maximum atomic E-state index is 13.4. The number of hydrogen-bond donors (Lipinski definition) is 0. The number of hydrogen-bond acceptors (Lipinski definition) is 2. The highest BCUT2D eigenvalue weighted by Crippen LogP contribution is 2.70. The molecule has 2 nitrogen and oxygen atoms in total. The Kier molecular flexibility index (Phi) is 4.07. The van der Waals surface area contributed by atoms with Crippen molar-refractivity contribution in [2.75, 3.05) is 13.8 Å². The van der Waals surface area contributed by atoms with Crippen LogP contribution in [-0.4, -0.2) is 32.2 Å². The van der Waals surface area contributed by atoms with Crippen LogP contribution in [0.4, 0.5) is 30.7 Å². The van der Waals surface area contributed by atoms with Crippen molar-refractivity contribution in [3.05, 3.63) is 29.8 Å². The van der Waals surface area contributed by atoms with Gasteiger partial charge < -0.3 is 9.47 Å². The van der Waals surface area contributed by atoms with Gasteiger partial charge in [0, 0.05) is 0 Å². The van der Waals surface area contributed by atoms with Crippen LogP contribution < -0.4 is 4.74 Å². The molecule has 1 saturated heterocycles. The molecule has 0 N–H and O–H groups in total. The van der Waals surface area contributed by atoms with Gasteiger partial charge in [-0.2, -0.15) is 26.3 Å². The Bertz CT molecular complexity index is 550. The molecule has 1 heterocycles. The fraction of sp³-hybridized carbons (Fsp3) is 0.571. The van der Waals surface area contributed by atoms with E-state index in [1.165, 1.54) is 19.2 Å². The summed E-state index contributed by atoms with van der Waals surface area (Å²) in [7, 11) is 1.30. The molecule has 0 aromatic heterocycles. The second-order valence-electron chi connectivity index (χ2n) is 5.33. The van der Waals surface area contributed by atoms with E-state index in [4.69, 9.17) is 9.47 Å². The van der Waals surface area contributed by atoms with Crippen molar-refractivity contribution < 1.29 is 40.2 Å². The van der Waals surface area contributed by atoms with E-state index in [0.717, 1.165) is 12.1 Å². The topological polar surface area (TPSA) is 18.5 Å². The van der Waals surface area contributed by atoms with Crippen molar-refractivity contribution >= 4 is 0 Å². The van der Waals surface area contributed by atoms with Crippen LogP contribution in [-0.2, 0) is 10.3 Å². The molecular formula is C14H13F7O2. The molecule has 0 aliphatic carbocycles. The Morgan fingerprint density at radius 1 is 1.04 bits per heavy atom. The summed E-state index contributed by atoms with van der Waals surface area (Å²) in [5.41, 5.74) is -7.47. The summed E-state index contributed by atoms with van der Waals surface area (Å²) in [4.78, 5) is 0. The molecule has 2 atom stereocenters. The van der Waals surface area contributed by atoms with E-state index in [2.05, 4.69) is 0 Å². The Labute approximate surface area is 127 Å². The van der Waals surface area contributed by atoms with Crippen LogP contribution in [0.1, 0.15) is 12.5 Å². The zero-order valence-electron chi connectivity index (χ0n) is 12.1. The second kappa shape index (κ2) is 5.25. The highest BCUT2D eigenvalue weighted by molar-refractivity contribution is 5.36. The van der Waals surface area contributed by atoms with Crippen LogP contribution in [0.2, 0.25) is 0 Å². The summed E-state index contributed by atoms with van der Waals surface area (Å²) in [5, 5.41) is 0. The predicted molar refractivity (Wildman–Crippen MR) is 65.7 cm³/mol. The highest BCUT2D eigenvalue weighted by atomic mass is 19.4. The lowest BCUT2D eigenvalue weighted by atomic mass is 9.59. The van der Waals surface area contributed by atoms with Gasteiger partial charge in [-0.3, -0.25) is 0 Å². The number of halogens is 7. The molecule has 23 heavy (non-hydrogen) atoms. The minimum absolute atomic E-state index is 0.253. The number of ether oxygens (including phenoxy) is 2. The van der Waals surface area contributed by atoms with Crippen molar-refractivity contribution in [2.24, 2.45) is 5.41 Å². The van der Waals surface area contributed by atoms with Gasteiger partial charge in [0.2, 0.25) is 5.41 Å². The smallest absolute Gasteiger partial charge is 0.409 e. The fourth-order valence-corrected chi connectivity index (χ4v) is 3.13. The summed E-state index contributed by atoms with van der Waals surface area (Å²) in [5.74, 6) is 0.253. The molecule has 0 saturated carbocycles. The number of rotatable bonds is 3. The first-order chi connectivity index (χ1) is 10.5. The Balaban J connectivity index is 2.64. The Morgan fingerprint density at radius 3 is 1.87 bits per heavy atom. The minimum atomic E-state index is -5.74. The first kappa shape index (κ1) is 17.8. The number of methoxy groups -OCH3 is 1. The van der Waals surface area contributed by atoms with Gasteiger partial charge in [0.05, 0.1) is 7.11 Å². The molecule has 2 rings (SSSR count). The predicted octanol–water partition coefficient (Wildman–Crippen LogP) is 4.39. The lowest BCUT2D eigenvalue weighted by Crippen LogP contribution is -2.78. The molecule has 9 heteroatoms. The first-order valence-electron chi connectivity index (χ1n) is 6.47. The molecule has 130 valence electrons. The first-order valence-corrected chi connectivity index (χ1v) is 6.47. The molecule has 0 spiro atoms. The average molecular weight is 346 g/mol. The SMILES string of the molecule is COc1ccc(C2(C)OC(CF)C2(C(F)(F)F)C(F)(F)F)cc1. The van der Waals surface area contributed by atoms with E-state index >= 15 is 0 Å². The van der Waals surface area contributed by atoms with E-state index in [1.807, 2.05) is 0 Å². The fourth-order valence-electron chi connectivity index (χ4n) is 3.13. The summed E-state index contributed by atoms with van der Waals surface area (Å²) in [6.07, 6.45) is -14.1. The third-order valence-corrected chi connectivity index (χ3v) is 4.29. The molecule has 0 amide bonds. The van der Waals surface area contributed by atoms with E-state index in [0.29, 0.717) is 6.92 Å². The molecule has 0 radical (unpaired) electrons. The van der Waals surface area contributed by atoms with Gasteiger partial charge in [-0.1, -0.05) is 12.1 Å². The molecule has 2 unspecified atom stereocenters. The maximum Gasteiger partial charge on any atom is 0.409 e. The lowest BCUT2D eigenvalue weighted by molar-refractivity contribution is -0.493. The summed E-state index contributed by atoms with van der Waals surface area (Å²) in [6, 6.07) is 4.51. The summed E-state index contributed by atoms with van der Waals surface area (Å²) >= 11 is 0. The van der Waals surface area contributed by atoms with E-state index < -0.39 is 36.1 Å². The number of alkyl halides is 7. The van der Waals surface area contributed by atoms with Crippen molar-refractivity contribution in [1.82, 2.24) is 0 Å². The molecule has 1 aliphatic rings. The summed E-state index contributed by atoms with van der Waals surface area (Å²) < 4.78 is 103. The molecular weight excluding hydrogens is 333 g/mol. The molecule has 1 aliphatic heterocycles. The van der Waals surface area contributed by atoms with Crippen LogP contribution >= 0.6 is 0 Å². The molecule has 1 aromatic rings. The van der Waals surface area contributed by atoms with Gasteiger partial charge >= 0.3 is 12.4 Å². The average Bonchev–Trinajstić information content (AvgIpc) is 2.41. The minimum Gasteiger partial charge on any atom is -0.497 e. The standard InChI is InChI=1S/C14H13F7O2/c1-11(8-3-5-9(22-2)6-4-8)12(13(16,17)18,14(19,20)21)10(7-15)23-11/h3-6,10H,7H2,1-2H3. The van der Waals surface area contributed by atoms with Crippen LogP contribution in [0.25, 0.3) is 0 Å². The van der Waals surface area contributed by atoms with Crippen LogP contribution in [0.15, 0.2) is 24.3 Å². The largest absolute Gasteiger partial charge is 0.497 e. The number of benzene rings is 1. The van der Waals surface area contributed by atoms with Gasteiger partial charge in [-0.15, -0.1) is 0 Å². The zero-order chi connectivity index (χ0) is 17.7. The summed E-state index contributed by atoms with van der Waals surface area (Å²) in [6.45, 7) is -1.23. The molecule has 1 aromatic carbocycles. The monoisotopic (exact) mass is 346 g/mol. The van der Waals surface area contributed by atoms with Crippen LogP contribution in [0.5, 0.6) is 5.75 Å². The van der Waals surface area contributed by atoms with Crippen molar-refractivity contribution in [3.8, 4) is 5.75 Å². The van der Waals surface area contributed by atoms with E-state index in [1.54, 1.807) is 0 Å². The third-order valence-electron chi connectivity index (χ3n) is 4.29. The molecule has 1 fully saturated rings. The normalized spacial score (nSPS) is 27.4. The van der Waals surface area contributed by atoms with E-state index in [-0.39, 0.29) is 11.3 Å². The highest BCUT2D eigenvalue weighted by Gasteiger charge is 2.88.